The lowest BCUT2D eigenvalue weighted by atomic mass is 10.1. The molecule has 4 nitrogen and oxygen atoms in total. The molecule has 1 saturated heterocycles. The Morgan fingerprint density at radius 2 is 2.18 bits per heavy atom. The third kappa shape index (κ3) is 3.75. The van der Waals surface area contributed by atoms with Crippen molar-refractivity contribution in [2.45, 2.75) is 13.8 Å². The molecular formula is C15H16INO3S2. The molecule has 0 saturated carbocycles. The average Bonchev–Trinajstić information content (AvgIpc) is 2.70. The lowest BCUT2D eigenvalue weighted by Crippen LogP contribution is -2.31. The van der Waals surface area contributed by atoms with Crippen LogP contribution in [-0.2, 0) is 4.79 Å². The van der Waals surface area contributed by atoms with Crippen molar-refractivity contribution >= 4 is 62.9 Å². The number of thiocarbonyl (C=S) groups is 1. The fourth-order valence-electron chi connectivity index (χ4n) is 2.01. The Morgan fingerprint density at radius 1 is 1.50 bits per heavy atom. The van der Waals surface area contributed by atoms with Crippen molar-refractivity contribution in [2.75, 3.05) is 13.7 Å². The van der Waals surface area contributed by atoms with E-state index in [1.165, 1.54) is 18.9 Å². The molecule has 1 aliphatic rings. The van der Waals surface area contributed by atoms with Crippen LogP contribution in [0.5, 0.6) is 11.5 Å². The Labute approximate surface area is 153 Å². The number of carbonyl (C=O) groups is 1. The zero-order chi connectivity index (χ0) is 16.4. The molecule has 1 amide bonds. The van der Waals surface area contributed by atoms with Crippen LogP contribution in [0.4, 0.5) is 0 Å². The SMILES string of the molecule is COc1cc(/C=C2\SC(=S)N(CC(C)C)C2=O)cc(I)c1O. The van der Waals surface area contributed by atoms with Crippen LogP contribution >= 0.6 is 46.6 Å². The van der Waals surface area contributed by atoms with Gasteiger partial charge in [-0.05, 0) is 52.3 Å². The van der Waals surface area contributed by atoms with Gasteiger partial charge in [-0.25, -0.2) is 0 Å². The molecule has 0 radical (unpaired) electrons. The van der Waals surface area contributed by atoms with E-state index in [-0.39, 0.29) is 11.7 Å². The quantitative estimate of drug-likeness (QED) is 0.430. The van der Waals surface area contributed by atoms with Gasteiger partial charge in [0.25, 0.3) is 5.91 Å². The van der Waals surface area contributed by atoms with E-state index in [9.17, 15) is 9.90 Å². The first kappa shape index (κ1) is 17.6. The molecule has 7 heteroatoms. The highest BCUT2D eigenvalue weighted by molar-refractivity contribution is 14.1. The second-order valence-electron chi connectivity index (χ2n) is 5.24. The van der Waals surface area contributed by atoms with Crippen molar-refractivity contribution in [3.8, 4) is 11.5 Å². The molecule has 1 aromatic carbocycles. The fraction of sp³-hybridized carbons (Fsp3) is 0.333. The van der Waals surface area contributed by atoms with E-state index >= 15 is 0 Å². The van der Waals surface area contributed by atoms with Gasteiger partial charge in [0.2, 0.25) is 0 Å². The molecule has 1 N–H and O–H groups in total. The summed E-state index contributed by atoms with van der Waals surface area (Å²) in [5.74, 6) is 0.783. The topological polar surface area (TPSA) is 49.8 Å². The van der Waals surface area contributed by atoms with E-state index in [2.05, 4.69) is 13.8 Å². The predicted molar refractivity (Wildman–Crippen MR) is 102 cm³/mol. The maximum atomic E-state index is 12.4. The molecule has 0 aliphatic carbocycles. The Balaban J connectivity index is 2.33. The maximum Gasteiger partial charge on any atom is 0.266 e. The molecular weight excluding hydrogens is 433 g/mol. The summed E-state index contributed by atoms with van der Waals surface area (Å²) in [5, 5.41) is 9.86. The monoisotopic (exact) mass is 449 g/mol. The molecule has 0 spiro atoms. The summed E-state index contributed by atoms with van der Waals surface area (Å²) in [6, 6.07) is 3.50. The van der Waals surface area contributed by atoms with Gasteiger partial charge in [-0.15, -0.1) is 0 Å². The second-order valence-corrected chi connectivity index (χ2v) is 8.08. The Kier molecular flexibility index (Phi) is 5.73. The highest BCUT2D eigenvalue weighted by Crippen LogP contribution is 2.36. The minimum atomic E-state index is -0.0641. The maximum absolute atomic E-state index is 12.4. The summed E-state index contributed by atoms with van der Waals surface area (Å²) in [6.07, 6.45) is 1.78. The van der Waals surface area contributed by atoms with E-state index in [0.29, 0.717) is 31.0 Å². The number of halogens is 1. The standard InChI is InChI=1S/C15H16INO3S2/c1-8(2)7-17-14(19)12(22-15(17)21)6-9-4-10(16)13(18)11(5-9)20-3/h4-6,8,18H,7H2,1-3H3/b12-6-. The molecule has 22 heavy (non-hydrogen) atoms. The predicted octanol–water partition coefficient (Wildman–Crippen LogP) is 3.86. The van der Waals surface area contributed by atoms with Crippen molar-refractivity contribution < 1.29 is 14.6 Å². The van der Waals surface area contributed by atoms with Crippen LogP contribution in [0.1, 0.15) is 19.4 Å². The van der Waals surface area contributed by atoms with Crippen LogP contribution in [0.3, 0.4) is 0 Å². The van der Waals surface area contributed by atoms with Crippen molar-refractivity contribution in [1.82, 2.24) is 4.90 Å². The number of phenols is 1. The van der Waals surface area contributed by atoms with Gasteiger partial charge in [-0.3, -0.25) is 9.69 Å². The van der Waals surface area contributed by atoms with E-state index in [1.54, 1.807) is 23.1 Å². The van der Waals surface area contributed by atoms with Crippen LogP contribution in [0, 0.1) is 9.49 Å². The average molecular weight is 449 g/mol. The molecule has 1 aliphatic heterocycles. The largest absolute Gasteiger partial charge is 0.504 e. The van der Waals surface area contributed by atoms with E-state index in [0.717, 1.165) is 5.56 Å². The summed E-state index contributed by atoms with van der Waals surface area (Å²) in [7, 11) is 1.50. The first-order valence-electron chi connectivity index (χ1n) is 6.65. The molecule has 1 aromatic rings. The van der Waals surface area contributed by atoms with Gasteiger partial charge >= 0.3 is 0 Å². The summed E-state index contributed by atoms with van der Waals surface area (Å²) < 4.78 is 6.40. The number of carbonyl (C=O) groups excluding carboxylic acids is 1. The number of hydrogen-bond donors (Lipinski definition) is 1. The number of amides is 1. The lowest BCUT2D eigenvalue weighted by molar-refractivity contribution is -0.122. The minimum Gasteiger partial charge on any atom is -0.504 e. The summed E-state index contributed by atoms with van der Waals surface area (Å²) in [4.78, 5) is 14.7. The van der Waals surface area contributed by atoms with Crippen LogP contribution in [-0.4, -0.2) is 33.9 Å². The summed E-state index contributed by atoms with van der Waals surface area (Å²) >= 11 is 8.62. The summed E-state index contributed by atoms with van der Waals surface area (Å²) in [6.45, 7) is 4.73. The van der Waals surface area contributed by atoms with Gasteiger partial charge in [0.1, 0.15) is 4.32 Å². The second kappa shape index (κ2) is 7.18. The van der Waals surface area contributed by atoms with Gasteiger partial charge in [0.05, 0.1) is 15.6 Å². The first-order chi connectivity index (χ1) is 10.3. The molecule has 1 heterocycles. The third-order valence-electron chi connectivity index (χ3n) is 2.99. The third-order valence-corrected chi connectivity index (χ3v) is 5.19. The normalized spacial score (nSPS) is 17.0. The van der Waals surface area contributed by atoms with Gasteiger partial charge < -0.3 is 9.84 Å². The molecule has 0 bridgehead atoms. The first-order valence-corrected chi connectivity index (χ1v) is 8.95. The van der Waals surface area contributed by atoms with Crippen molar-refractivity contribution in [3.63, 3.8) is 0 Å². The van der Waals surface area contributed by atoms with E-state index in [1.807, 2.05) is 22.6 Å². The van der Waals surface area contributed by atoms with Gasteiger partial charge in [0, 0.05) is 6.54 Å². The molecule has 118 valence electrons. The number of thioether (sulfide) groups is 1. The smallest absolute Gasteiger partial charge is 0.266 e. The van der Waals surface area contributed by atoms with Crippen molar-refractivity contribution in [2.24, 2.45) is 5.92 Å². The Bertz CT molecular complexity index is 658. The molecule has 1 fully saturated rings. The number of benzene rings is 1. The Morgan fingerprint density at radius 3 is 2.77 bits per heavy atom. The van der Waals surface area contributed by atoms with E-state index in [4.69, 9.17) is 17.0 Å². The zero-order valence-electron chi connectivity index (χ0n) is 12.4. The molecule has 0 unspecified atom stereocenters. The van der Waals surface area contributed by atoms with Crippen LogP contribution < -0.4 is 4.74 Å². The van der Waals surface area contributed by atoms with E-state index < -0.39 is 0 Å². The van der Waals surface area contributed by atoms with Crippen molar-refractivity contribution in [3.05, 3.63) is 26.2 Å². The highest BCUT2D eigenvalue weighted by Gasteiger charge is 2.32. The molecule has 0 aromatic heterocycles. The Hall–Kier alpha value is -0.800. The number of ether oxygens (including phenoxy) is 1. The van der Waals surface area contributed by atoms with Crippen LogP contribution in [0.25, 0.3) is 6.08 Å². The van der Waals surface area contributed by atoms with Crippen molar-refractivity contribution in [1.29, 1.82) is 0 Å². The van der Waals surface area contributed by atoms with Crippen LogP contribution in [0.2, 0.25) is 0 Å². The minimum absolute atomic E-state index is 0.0641. The zero-order valence-corrected chi connectivity index (χ0v) is 16.2. The number of hydrogen-bond acceptors (Lipinski definition) is 5. The number of nitrogens with zero attached hydrogens (tertiary/aromatic N) is 1. The van der Waals surface area contributed by atoms with Crippen LogP contribution in [0.15, 0.2) is 17.0 Å². The number of rotatable bonds is 4. The van der Waals surface area contributed by atoms with Gasteiger partial charge in [-0.1, -0.05) is 37.8 Å². The van der Waals surface area contributed by atoms with Gasteiger partial charge in [0.15, 0.2) is 11.5 Å². The fourth-order valence-corrected chi connectivity index (χ4v) is 3.91. The number of phenolic OH excluding ortho intramolecular Hbond substituents is 1. The molecule has 0 atom stereocenters. The lowest BCUT2D eigenvalue weighted by Gasteiger charge is -2.16. The number of methoxy groups -OCH3 is 1. The van der Waals surface area contributed by atoms with Gasteiger partial charge in [-0.2, -0.15) is 0 Å². The summed E-state index contributed by atoms with van der Waals surface area (Å²) in [5.41, 5.74) is 0.795. The highest BCUT2D eigenvalue weighted by atomic mass is 127. The number of aromatic hydroxyl groups is 1. The molecule has 2 rings (SSSR count).